The summed E-state index contributed by atoms with van der Waals surface area (Å²) in [6.45, 7) is 3.96. The molecule has 0 fully saturated rings. The third-order valence-corrected chi connectivity index (χ3v) is 5.75. The molecule has 2 atom stereocenters. The van der Waals surface area contributed by atoms with Gasteiger partial charge in [0.25, 0.3) is 0 Å². The second kappa shape index (κ2) is 12.5. The molecule has 0 aliphatic carbocycles. The van der Waals surface area contributed by atoms with E-state index in [9.17, 15) is 19.2 Å². The molecule has 35 heavy (non-hydrogen) atoms. The average Bonchev–Trinajstić information content (AvgIpc) is 2.83. The lowest BCUT2D eigenvalue weighted by Gasteiger charge is -2.23. The minimum Gasteiger partial charge on any atom is -0.492 e. The third-order valence-electron chi connectivity index (χ3n) is 5.75. The molecule has 4 N–H and O–H groups in total. The first kappa shape index (κ1) is 25.7. The lowest BCUT2D eigenvalue weighted by atomic mass is 10.0. The quantitative estimate of drug-likeness (QED) is 0.522. The summed E-state index contributed by atoms with van der Waals surface area (Å²) < 4.78 is 5.72. The van der Waals surface area contributed by atoms with E-state index in [2.05, 4.69) is 21.3 Å². The van der Waals surface area contributed by atoms with Gasteiger partial charge in [-0.1, -0.05) is 36.4 Å². The molecule has 0 spiro atoms. The van der Waals surface area contributed by atoms with Crippen molar-refractivity contribution in [3.05, 3.63) is 65.2 Å². The van der Waals surface area contributed by atoms with E-state index in [4.69, 9.17) is 4.74 Å². The zero-order valence-electron chi connectivity index (χ0n) is 20.1. The van der Waals surface area contributed by atoms with Gasteiger partial charge in [0.15, 0.2) is 0 Å². The van der Waals surface area contributed by atoms with Gasteiger partial charge < -0.3 is 26.0 Å². The van der Waals surface area contributed by atoms with E-state index in [0.29, 0.717) is 18.6 Å². The molecule has 4 amide bonds. The molecule has 1 heterocycles. The summed E-state index contributed by atoms with van der Waals surface area (Å²) in [5.41, 5.74) is 2.90. The second-order valence-corrected chi connectivity index (χ2v) is 8.55. The maximum atomic E-state index is 13.1. The van der Waals surface area contributed by atoms with E-state index in [-0.39, 0.29) is 32.0 Å². The maximum absolute atomic E-state index is 13.1. The summed E-state index contributed by atoms with van der Waals surface area (Å²) in [7, 11) is 0. The highest BCUT2D eigenvalue weighted by Crippen LogP contribution is 2.17. The zero-order chi connectivity index (χ0) is 25.2. The van der Waals surface area contributed by atoms with Crippen molar-refractivity contribution in [3.63, 3.8) is 0 Å². The molecule has 0 radical (unpaired) electrons. The normalized spacial score (nSPS) is 19.5. The molecule has 3 rings (SSSR count). The Morgan fingerprint density at radius 3 is 2.57 bits per heavy atom. The van der Waals surface area contributed by atoms with Crippen LogP contribution in [0.3, 0.4) is 0 Å². The first-order valence-corrected chi connectivity index (χ1v) is 11.7. The number of benzene rings is 2. The Labute approximate surface area is 205 Å². The fraction of sp³-hybridized carbons (Fsp3) is 0.385. The van der Waals surface area contributed by atoms with E-state index in [1.807, 2.05) is 55.5 Å². The van der Waals surface area contributed by atoms with Crippen LogP contribution in [-0.4, -0.2) is 48.9 Å². The van der Waals surface area contributed by atoms with Gasteiger partial charge in [0.1, 0.15) is 24.4 Å². The number of hydrogen-bond acceptors (Lipinski definition) is 5. The molecule has 0 saturated heterocycles. The van der Waals surface area contributed by atoms with Crippen molar-refractivity contribution < 1.29 is 23.9 Å². The van der Waals surface area contributed by atoms with Crippen molar-refractivity contribution in [2.45, 2.75) is 51.7 Å². The summed E-state index contributed by atoms with van der Waals surface area (Å²) in [5.74, 6) is -1.17. The van der Waals surface area contributed by atoms with Crippen LogP contribution in [0.4, 0.5) is 0 Å². The smallest absolute Gasteiger partial charge is 0.243 e. The lowest BCUT2D eigenvalue weighted by Crippen LogP contribution is -2.54. The van der Waals surface area contributed by atoms with Gasteiger partial charge in [-0.3, -0.25) is 19.2 Å². The Bertz CT molecular complexity index is 1060. The Hall–Kier alpha value is -3.88. The fourth-order valence-electron chi connectivity index (χ4n) is 3.80. The SMILES string of the molecule is CC(=O)N[C@H]1CC(=O)NCCOc2ccc(C)c(c2)CNC(=O)[C@H](CCc2ccccc2)NC1=O. The number of hydrogen-bond donors (Lipinski definition) is 4. The summed E-state index contributed by atoms with van der Waals surface area (Å²) in [4.78, 5) is 50.3. The van der Waals surface area contributed by atoms with Gasteiger partial charge in [-0.05, 0) is 48.6 Å². The largest absolute Gasteiger partial charge is 0.492 e. The maximum Gasteiger partial charge on any atom is 0.243 e. The van der Waals surface area contributed by atoms with Gasteiger partial charge >= 0.3 is 0 Å². The molecule has 0 saturated carbocycles. The molecule has 0 aromatic heterocycles. The molecule has 2 aromatic rings. The first-order chi connectivity index (χ1) is 16.8. The fourth-order valence-corrected chi connectivity index (χ4v) is 3.80. The molecule has 2 aromatic carbocycles. The van der Waals surface area contributed by atoms with Gasteiger partial charge in [0.2, 0.25) is 23.6 Å². The van der Waals surface area contributed by atoms with Crippen LogP contribution in [0.2, 0.25) is 0 Å². The molecular formula is C26H32N4O5. The van der Waals surface area contributed by atoms with Crippen LogP contribution in [0.25, 0.3) is 0 Å². The van der Waals surface area contributed by atoms with Crippen LogP contribution in [0.15, 0.2) is 48.5 Å². The van der Waals surface area contributed by atoms with E-state index in [1.54, 1.807) is 0 Å². The average molecular weight is 481 g/mol. The number of carbonyl (C=O) groups is 4. The summed E-state index contributed by atoms with van der Waals surface area (Å²) in [6, 6.07) is 13.3. The Kier molecular flexibility index (Phi) is 9.23. The minimum absolute atomic E-state index is 0.235. The summed E-state index contributed by atoms with van der Waals surface area (Å²) in [6.07, 6.45) is 0.655. The van der Waals surface area contributed by atoms with E-state index >= 15 is 0 Å². The highest BCUT2D eigenvalue weighted by atomic mass is 16.5. The molecule has 2 bridgehead atoms. The molecule has 9 nitrogen and oxygen atoms in total. The van der Waals surface area contributed by atoms with E-state index in [0.717, 1.165) is 16.7 Å². The number of amides is 4. The van der Waals surface area contributed by atoms with Gasteiger partial charge in [0, 0.05) is 13.5 Å². The summed E-state index contributed by atoms with van der Waals surface area (Å²) >= 11 is 0. The van der Waals surface area contributed by atoms with Crippen LogP contribution in [0.1, 0.15) is 36.5 Å². The van der Waals surface area contributed by atoms with Gasteiger partial charge in [-0.2, -0.15) is 0 Å². The van der Waals surface area contributed by atoms with Crippen LogP contribution in [0.5, 0.6) is 5.75 Å². The molecule has 186 valence electrons. The number of carbonyl (C=O) groups excluding carboxylic acids is 4. The van der Waals surface area contributed by atoms with E-state index in [1.165, 1.54) is 6.92 Å². The molecule has 0 unspecified atom stereocenters. The predicted molar refractivity (Wildman–Crippen MR) is 130 cm³/mol. The van der Waals surface area contributed by atoms with Crippen LogP contribution in [0, 0.1) is 6.92 Å². The monoisotopic (exact) mass is 480 g/mol. The Balaban J connectivity index is 1.83. The Morgan fingerprint density at radius 2 is 1.83 bits per heavy atom. The van der Waals surface area contributed by atoms with E-state index < -0.39 is 29.8 Å². The third kappa shape index (κ3) is 8.13. The van der Waals surface area contributed by atoms with Crippen molar-refractivity contribution in [1.82, 2.24) is 21.3 Å². The van der Waals surface area contributed by atoms with Crippen molar-refractivity contribution in [3.8, 4) is 5.75 Å². The highest BCUT2D eigenvalue weighted by Gasteiger charge is 2.28. The van der Waals surface area contributed by atoms with Crippen LogP contribution in [-0.2, 0) is 32.1 Å². The first-order valence-electron chi connectivity index (χ1n) is 11.7. The second-order valence-electron chi connectivity index (χ2n) is 8.55. The van der Waals surface area contributed by atoms with Crippen molar-refractivity contribution in [2.75, 3.05) is 13.2 Å². The molecular weight excluding hydrogens is 448 g/mol. The van der Waals surface area contributed by atoms with Crippen LogP contribution < -0.4 is 26.0 Å². The highest BCUT2D eigenvalue weighted by molar-refractivity contribution is 5.94. The number of rotatable bonds is 4. The number of aryl methyl sites for hydroxylation is 2. The number of fused-ring (bicyclic) bond motifs is 2. The topological polar surface area (TPSA) is 126 Å². The summed E-state index contributed by atoms with van der Waals surface area (Å²) in [5, 5.41) is 10.9. The van der Waals surface area contributed by atoms with Crippen molar-refractivity contribution in [1.29, 1.82) is 0 Å². The van der Waals surface area contributed by atoms with Crippen LogP contribution >= 0.6 is 0 Å². The number of nitrogens with one attached hydrogen (secondary N) is 4. The van der Waals surface area contributed by atoms with Crippen molar-refractivity contribution >= 4 is 23.6 Å². The molecule has 9 heteroatoms. The standard InChI is InChI=1S/C26H32N4O5/c1-17-8-10-21-14-20(17)16-28-25(33)22(11-9-19-6-4-3-5-7-19)30-26(34)23(29-18(2)31)15-24(32)27-12-13-35-21/h3-8,10,14,22-23H,9,11-13,15-16H2,1-2H3,(H,27,32)(H,28,33)(H,29,31)(H,30,34)/t22-,23-/m0/s1. The van der Waals surface area contributed by atoms with Crippen molar-refractivity contribution in [2.24, 2.45) is 0 Å². The molecule has 1 aliphatic heterocycles. The van der Waals surface area contributed by atoms with Gasteiger partial charge in [-0.25, -0.2) is 0 Å². The zero-order valence-corrected chi connectivity index (χ0v) is 20.1. The minimum atomic E-state index is -1.11. The Morgan fingerprint density at radius 1 is 1.06 bits per heavy atom. The number of ether oxygens (including phenoxy) is 1. The van der Waals surface area contributed by atoms with Gasteiger partial charge in [-0.15, -0.1) is 0 Å². The van der Waals surface area contributed by atoms with Gasteiger partial charge in [0.05, 0.1) is 13.0 Å². The molecule has 1 aliphatic rings. The lowest BCUT2D eigenvalue weighted by molar-refractivity contribution is -0.133. The predicted octanol–water partition coefficient (Wildman–Crippen LogP) is 1.13.